The molecule has 0 spiro atoms. The quantitative estimate of drug-likeness (QED) is 0.629. The van der Waals surface area contributed by atoms with Crippen LogP contribution >= 0.6 is 35.8 Å². The van der Waals surface area contributed by atoms with Gasteiger partial charge < -0.3 is 0 Å². The Morgan fingerprint density at radius 2 is 2.15 bits per heavy atom. The Morgan fingerprint density at radius 3 is 2.77 bits per heavy atom. The molecule has 0 radical (unpaired) electrons. The van der Waals surface area contributed by atoms with Crippen LogP contribution < -0.4 is 0 Å². The van der Waals surface area contributed by atoms with Crippen LogP contribution in [-0.4, -0.2) is 11.7 Å². The second-order valence-electron chi connectivity index (χ2n) is 2.60. The summed E-state index contributed by atoms with van der Waals surface area (Å²) in [5, 5.41) is 0.559. The van der Waals surface area contributed by atoms with Gasteiger partial charge in [-0.05, 0) is 11.6 Å². The molecule has 0 unspecified atom stereocenters. The van der Waals surface area contributed by atoms with Crippen LogP contribution in [0.5, 0.6) is 0 Å². The monoisotopic (exact) mass is 234 g/mol. The molecule has 4 heteroatoms. The van der Waals surface area contributed by atoms with E-state index >= 15 is 0 Å². The Bertz CT molecular complexity index is 325. The molecule has 0 aromatic heterocycles. The summed E-state index contributed by atoms with van der Waals surface area (Å²) in [4.78, 5) is 11.7. The van der Waals surface area contributed by atoms with Crippen molar-refractivity contribution in [3.8, 4) is 0 Å². The largest absolute Gasteiger partial charge is 0.298 e. The molecule has 1 aromatic carbocycles. The van der Waals surface area contributed by atoms with Crippen LogP contribution in [0.1, 0.15) is 5.56 Å². The summed E-state index contributed by atoms with van der Waals surface area (Å²) in [7, 11) is 0. The van der Waals surface area contributed by atoms with Crippen LogP contribution in [0.4, 0.5) is 0 Å². The number of carbonyl (C=O) groups is 1. The molecule has 0 N–H and O–H groups in total. The maximum Gasteiger partial charge on any atom is 0.151 e. The first-order chi connectivity index (χ1) is 6.15. The summed E-state index contributed by atoms with van der Waals surface area (Å²) in [6, 6.07) is 5.34. The van der Waals surface area contributed by atoms with Gasteiger partial charge in [0, 0.05) is 11.3 Å². The predicted octanol–water partition coefficient (Wildman–Crippen LogP) is 2.98. The van der Waals surface area contributed by atoms with Crippen molar-refractivity contribution in [2.75, 3.05) is 5.88 Å². The van der Waals surface area contributed by atoms with Crippen LogP contribution in [0.25, 0.3) is 0 Å². The Balaban J connectivity index is 2.89. The van der Waals surface area contributed by atoms with E-state index in [9.17, 15) is 4.79 Å². The summed E-state index contributed by atoms with van der Waals surface area (Å²) >= 11 is 15.4. The average Bonchev–Trinajstić information content (AvgIpc) is 2.13. The molecule has 1 rings (SSSR count). The zero-order valence-corrected chi connectivity index (χ0v) is 9.16. The van der Waals surface area contributed by atoms with Crippen LogP contribution in [0.15, 0.2) is 23.1 Å². The summed E-state index contributed by atoms with van der Waals surface area (Å²) in [6.07, 6.45) is 0.295. The number of hydrogen-bond donors (Lipinski definition) is 1. The van der Waals surface area contributed by atoms with Gasteiger partial charge in [-0.25, -0.2) is 0 Å². The lowest BCUT2D eigenvalue weighted by Crippen LogP contribution is -2.04. The molecular weight excluding hydrogens is 227 g/mol. The van der Waals surface area contributed by atoms with Crippen molar-refractivity contribution in [1.29, 1.82) is 0 Å². The molecule has 0 bridgehead atoms. The number of carbonyl (C=O) groups excluding carboxylic acids is 1. The molecule has 0 heterocycles. The molecule has 0 aliphatic heterocycles. The van der Waals surface area contributed by atoms with E-state index in [-0.39, 0.29) is 11.7 Å². The number of hydrogen-bond acceptors (Lipinski definition) is 2. The highest BCUT2D eigenvalue weighted by molar-refractivity contribution is 7.80. The number of halogens is 2. The zero-order valence-electron chi connectivity index (χ0n) is 6.76. The van der Waals surface area contributed by atoms with Crippen LogP contribution in [-0.2, 0) is 11.2 Å². The standard InChI is InChI=1S/C9H8Cl2OS/c10-5-7(12)4-6-2-1-3-8(11)9(6)13/h1-3,13H,4-5H2. The number of alkyl halides is 1. The molecule has 0 atom stereocenters. The summed E-state index contributed by atoms with van der Waals surface area (Å²) in [6.45, 7) is 0. The van der Waals surface area contributed by atoms with E-state index in [4.69, 9.17) is 23.2 Å². The zero-order chi connectivity index (χ0) is 9.84. The van der Waals surface area contributed by atoms with E-state index in [0.717, 1.165) is 5.56 Å². The van der Waals surface area contributed by atoms with Gasteiger partial charge in [-0.2, -0.15) is 0 Å². The Hall–Kier alpha value is -0.180. The average molecular weight is 235 g/mol. The molecule has 0 aliphatic carbocycles. The Morgan fingerprint density at radius 1 is 1.46 bits per heavy atom. The highest BCUT2D eigenvalue weighted by Crippen LogP contribution is 2.24. The summed E-state index contributed by atoms with van der Waals surface area (Å²) in [5.74, 6) is -0.000977. The highest BCUT2D eigenvalue weighted by atomic mass is 35.5. The van der Waals surface area contributed by atoms with E-state index in [1.54, 1.807) is 12.1 Å². The van der Waals surface area contributed by atoms with Crippen molar-refractivity contribution < 1.29 is 4.79 Å². The molecule has 1 nitrogen and oxygen atoms in total. The first-order valence-electron chi connectivity index (χ1n) is 3.69. The number of ketones is 1. The highest BCUT2D eigenvalue weighted by Gasteiger charge is 2.06. The van der Waals surface area contributed by atoms with Gasteiger partial charge in [-0.15, -0.1) is 24.2 Å². The number of benzene rings is 1. The van der Waals surface area contributed by atoms with Gasteiger partial charge in [-0.3, -0.25) is 4.79 Å². The van der Waals surface area contributed by atoms with E-state index in [2.05, 4.69) is 12.6 Å². The van der Waals surface area contributed by atoms with Crippen molar-refractivity contribution in [2.45, 2.75) is 11.3 Å². The van der Waals surface area contributed by atoms with Crippen molar-refractivity contribution in [2.24, 2.45) is 0 Å². The molecule has 13 heavy (non-hydrogen) atoms. The van der Waals surface area contributed by atoms with Gasteiger partial charge in [0.2, 0.25) is 0 Å². The third-order valence-corrected chi connectivity index (χ3v) is 2.88. The summed E-state index contributed by atoms with van der Waals surface area (Å²) in [5.41, 5.74) is 0.821. The molecule has 0 amide bonds. The van der Waals surface area contributed by atoms with E-state index in [1.165, 1.54) is 0 Å². The maximum absolute atomic E-state index is 11.0. The lowest BCUT2D eigenvalue weighted by Gasteiger charge is -2.04. The van der Waals surface area contributed by atoms with Gasteiger partial charge >= 0.3 is 0 Å². The Labute approximate surface area is 92.4 Å². The van der Waals surface area contributed by atoms with Crippen LogP contribution in [0.3, 0.4) is 0 Å². The van der Waals surface area contributed by atoms with E-state index < -0.39 is 0 Å². The third kappa shape index (κ3) is 2.90. The second kappa shape index (κ2) is 4.89. The number of Topliss-reactive ketones (excluding diaryl/α,β-unsaturated/α-hetero) is 1. The van der Waals surface area contributed by atoms with Gasteiger partial charge in [0.05, 0.1) is 10.9 Å². The number of thiol groups is 1. The minimum atomic E-state index is -0.0285. The first-order valence-corrected chi connectivity index (χ1v) is 5.05. The fraction of sp³-hybridized carbons (Fsp3) is 0.222. The topological polar surface area (TPSA) is 17.1 Å². The van der Waals surface area contributed by atoms with Gasteiger partial charge in [-0.1, -0.05) is 23.7 Å². The van der Waals surface area contributed by atoms with Crippen molar-refractivity contribution in [3.05, 3.63) is 28.8 Å². The third-order valence-electron chi connectivity index (χ3n) is 1.61. The minimum Gasteiger partial charge on any atom is -0.298 e. The second-order valence-corrected chi connectivity index (χ2v) is 3.72. The van der Waals surface area contributed by atoms with Crippen LogP contribution in [0, 0.1) is 0 Å². The lowest BCUT2D eigenvalue weighted by atomic mass is 10.1. The number of rotatable bonds is 3. The van der Waals surface area contributed by atoms with Crippen molar-refractivity contribution in [1.82, 2.24) is 0 Å². The SMILES string of the molecule is O=C(CCl)Cc1cccc(Cl)c1S. The minimum absolute atomic E-state index is 0.0275. The lowest BCUT2D eigenvalue weighted by molar-refractivity contribution is -0.116. The van der Waals surface area contributed by atoms with Crippen LogP contribution in [0.2, 0.25) is 5.02 Å². The van der Waals surface area contributed by atoms with E-state index in [1.807, 2.05) is 6.07 Å². The molecule has 0 saturated heterocycles. The van der Waals surface area contributed by atoms with Gasteiger partial charge in [0.1, 0.15) is 0 Å². The fourth-order valence-electron chi connectivity index (χ4n) is 0.962. The predicted molar refractivity (Wildman–Crippen MR) is 58.1 cm³/mol. The van der Waals surface area contributed by atoms with Crippen molar-refractivity contribution >= 4 is 41.6 Å². The van der Waals surface area contributed by atoms with E-state index in [0.29, 0.717) is 16.3 Å². The molecular formula is C9H8Cl2OS. The Kier molecular flexibility index (Phi) is 4.10. The summed E-state index contributed by atoms with van der Waals surface area (Å²) < 4.78 is 0. The fourth-order valence-corrected chi connectivity index (χ4v) is 1.48. The smallest absolute Gasteiger partial charge is 0.151 e. The van der Waals surface area contributed by atoms with Gasteiger partial charge in [0.15, 0.2) is 5.78 Å². The molecule has 70 valence electrons. The molecule has 1 aromatic rings. The molecule has 0 saturated carbocycles. The van der Waals surface area contributed by atoms with Crippen molar-refractivity contribution in [3.63, 3.8) is 0 Å². The molecule has 0 fully saturated rings. The van der Waals surface area contributed by atoms with Gasteiger partial charge in [0.25, 0.3) is 0 Å². The normalized spacial score (nSPS) is 10.1. The molecule has 0 aliphatic rings. The first kappa shape index (κ1) is 10.9. The maximum atomic E-state index is 11.0.